The number of hydrogen-bond donors (Lipinski definition) is 1. The third-order valence-electron chi connectivity index (χ3n) is 3.43. The molecule has 0 spiro atoms. The second kappa shape index (κ2) is 5.84. The van der Waals surface area contributed by atoms with Crippen LogP contribution >= 0.6 is 0 Å². The van der Waals surface area contributed by atoms with E-state index in [1.165, 1.54) is 7.11 Å². The van der Waals surface area contributed by atoms with Gasteiger partial charge in [0.1, 0.15) is 6.04 Å². The summed E-state index contributed by atoms with van der Waals surface area (Å²) in [5.41, 5.74) is 6.73. The second-order valence-corrected chi connectivity index (χ2v) is 4.72. The predicted molar refractivity (Wildman–Crippen MR) is 70.4 cm³/mol. The molecule has 1 aromatic carbocycles. The molecular formula is C14H18N2O3. The lowest BCUT2D eigenvalue weighted by Crippen LogP contribution is -2.36. The highest BCUT2D eigenvalue weighted by Gasteiger charge is 2.31. The molecule has 2 N–H and O–H groups in total. The molecule has 0 bridgehead atoms. The zero-order valence-corrected chi connectivity index (χ0v) is 11.0. The molecule has 0 radical (unpaired) electrons. The number of carbonyl (C=O) groups excluding carboxylic acids is 2. The van der Waals surface area contributed by atoms with E-state index in [1.807, 2.05) is 6.07 Å². The highest BCUT2D eigenvalue weighted by atomic mass is 16.5. The van der Waals surface area contributed by atoms with Crippen molar-refractivity contribution in [1.82, 2.24) is 4.90 Å². The van der Waals surface area contributed by atoms with Gasteiger partial charge in [0, 0.05) is 12.1 Å². The number of likely N-dealkylation sites (tertiary alicyclic amines) is 1. The fourth-order valence-electron chi connectivity index (χ4n) is 2.48. The molecule has 1 aliphatic rings. The van der Waals surface area contributed by atoms with Gasteiger partial charge in [-0.2, -0.15) is 0 Å². The lowest BCUT2D eigenvalue weighted by molar-refractivity contribution is -0.146. The van der Waals surface area contributed by atoms with E-state index in [9.17, 15) is 9.59 Å². The number of nitrogens with zero attached hydrogens (tertiary/aromatic N) is 1. The summed E-state index contributed by atoms with van der Waals surface area (Å²) in [5.74, 6) is -0.628. The van der Waals surface area contributed by atoms with E-state index >= 15 is 0 Å². The first kappa shape index (κ1) is 13.5. The van der Waals surface area contributed by atoms with Crippen molar-refractivity contribution in [1.29, 1.82) is 0 Å². The quantitative estimate of drug-likeness (QED) is 0.819. The monoisotopic (exact) mass is 262 g/mol. The Labute approximate surface area is 112 Å². The molecule has 5 nitrogen and oxygen atoms in total. The molecule has 19 heavy (non-hydrogen) atoms. The van der Waals surface area contributed by atoms with Gasteiger partial charge < -0.3 is 10.5 Å². The van der Waals surface area contributed by atoms with Crippen LogP contribution in [0.25, 0.3) is 0 Å². The predicted octanol–water partition coefficient (Wildman–Crippen LogP) is 0.923. The summed E-state index contributed by atoms with van der Waals surface area (Å²) in [6, 6.07) is 7.02. The molecule has 1 amide bonds. The number of esters is 1. The largest absolute Gasteiger partial charge is 0.468 e. The number of amides is 1. The summed E-state index contributed by atoms with van der Waals surface area (Å²) in [6.45, 7) is 1.49. The maximum atomic E-state index is 11.7. The van der Waals surface area contributed by atoms with E-state index in [0.717, 1.165) is 24.9 Å². The maximum absolute atomic E-state index is 11.7. The van der Waals surface area contributed by atoms with E-state index in [-0.39, 0.29) is 12.0 Å². The second-order valence-electron chi connectivity index (χ2n) is 4.72. The summed E-state index contributed by atoms with van der Waals surface area (Å²) in [4.78, 5) is 24.9. The third kappa shape index (κ3) is 3.12. The number of carbonyl (C=O) groups is 2. The Balaban J connectivity index is 2.10. The van der Waals surface area contributed by atoms with E-state index < -0.39 is 5.91 Å². The molecule has 1 atom stereocenters. The molecule has 102 valence electrons. The lowest BCUT2D eigenvalue weighted by atomic mass is 10.1. The molecule has 1 fully saturated rings. The van der Waals surface area contributed by atoms with Crippen LogP contribution in [0.5, 0.6) is 0 Å². The van der Waals surface area contributed by atoms with Crippen LogP contribution in [0, 0.1) is 0 Å². The Kier molecular flexibility index (Phi) is 4.16. The molecule has 1 aliphatic heterocycles. The zero-order valence-electron chi connectivity index (χ0n) is 11.0. The van der Waals surface area contributed by atoms with Crippen LogP contribution in [0.1, 0.15) is 28.8 Å². The summed E-state index contributed by atoms with van der Waals surface area (Å²) in [6.07, 6.45) is 1.80. The topological polar surface area (TPSA) is 72.6 Å². The van der Waals surface area contributed by atoms with Crippen LogP contribution in [-0.4, -0.2) is 36.5 Å². The van der Waals surface area contributed by atoms with Crippen molar-refractivity contribution in [3.63, 3.8) is 0 Å². The van der Waals surface area contributed by atoms with Crippen molar-refractivity contribution >= 4 is 11.9 Å². The number of nitrogens with two attached hydrogens (primary N) is 1. The van der Waals surface area contributed by atoms with E-state index in [0.29, 0.717) is 12.1 Å². The number of hydrogen-bond acceptors (Lipinski definition) is 4. The molecule has 0 aromatic heterocycles. The van der Waals surface area contributed by atoms with Gasteiger partial charge in [0.2, 0.25) is 5.91 Å². The first-order valence-corrected chi connectivity index (χ1v) is 6.32. The Morgan fingerprint density at radius 3 is 2.95 bits per heavy atom. The smallest absolute Gasteiger partial charge is 0.323 e. The van der Waals surface area contributed by atoms with Crippen LogP contribution in [0.4, 0.5) is 0 Å². The number of ether oxygens (including phenoxy) is 1. The Morgan fingerprint density at radius 2 is 2.26 bits per heavy atom. The van der Waals surface area contributed by atoms with Gasteiger partial charge in [0.15, 0.2) is 0 Å². The molecule has 1 unspecified atom stereocenters. The summed E-state index contributed by atoms with van der Waals surface area (Å²) in [5, 5.41) is 0. The van der Waals surface area contributed by atoms with Crippen molar-refractivity contribution in [2.24, 2.45) is 5.73 Å². The van der Waals surface area contributed by atoms with Gasteiger partial charge in [0.05, 0.1) is 7.11 Å². The molecule has 2 rings (SSSR count). The van der Waals surface area contributed by atoms with Gasteiger partial charge in [-0.05, 0) is 37.1 Å². The minimum Gasteiger partial charge on any atom is -0.468 e. The van der Waals surface area contributed by atoms with Crippen molar-refractivity contribution in [3.05, 3.63) is 35.4 Å². The SMILES string of the molecule is COC(=O)C1CCCN1Cc1cccc(C(N)=O)c1. The number of methoxy groups -OCH3 is 1. The van der Waals surface area contributed by atoms with Gasteiger partial charge in [-0.3, -0.25) is 14.5 Å². The number of primary amides is 1. The number of benzene rings is 1. The fourth-order valence-corrected chi connectivity index (χ4v) is 2.48. The Bertz CT molecular complexity index is 487. The molecule has 1 aromatic rings. The van der Waals surface area contributed by atoms with Gasteiger partial charge in [-0.25, -0.2) is 0 Å². The van der Waals surface area contributed by atoms with Crippen LogP contribution in [0.15, 0.2) is 24.3 Å². The van der Waals surface area contributed by atoms with Crippen molar-refractivity contribution < 1.29 is 14.3 Å². The molecule has 5 heteroatoms. The van der Waals surface area contributed by atoms with Crippen molar-refractivity contribution in [3.8, 4) is 0 Å². The van der Waals surface area contributed by atoms with Gasteiger partial charge >= 0.3 is 5.97 Å². The molecular weight excluding hydrogens is 244 g/mol. The summed E-state index contributed by atoms with van der Waals surface area (Å²) in [7, 11) is 1.41. The molecule has 0 aliphatic carbocycles. The standard InChI is InChI=1S/C14H18N2O3/c1-19-14(18)12-6-3-7-16(12)9-10-4-2-5-11(8-10)13(15)17/h2,4-5,8,12H,3,6-7,9H2,1H3,(H2,15,17). The van der Waals surface area contributed by atoms with E-state index in [1.54, 1.807) is 18.2 Å². The molecule has 0 saturated carbocycles. The van der Waals surface area contributed by atoms with E-state index in [4.69, 9.17) is 10.5 Å². The van der Waals surface area contributed by atoms with Crippen LogP contribution in [0.3, 0.4) is 0 Å². The first-order valence-electron chi connectivity index (χ1n) is 6.32. The van der Waals surface area contributed by atoms with Gasteiger partial charge in [0.25, 0.3) is 0 Å². The average Bonchev–Trinajstić information content (AvgIpc) is 2.86. The minimum atomic E-state index is -0.437. The lowest BCUT2D eigenvalue weighted by Gasteiger charge is -2.22. The average molecular weight is 262 g/mol. The first-order chi connectivity index (χ1) is 9.11. The van der Waals surface area contributed by atoms with Crippen LogP contribution in [0.2, 0.25) is 0 Å². The molecule has 1 heterocycles. The van der Waals surface area contributed by atoms with Gasteiger partial charge in [-0.15, -0.1) is 0 Å². The van der Waals surface area contributed by atoms with Gasteiger partial charge in [-0.1, -0.05) is 12.1 Å². The molecule has 1 saturated heterocycles. The summed E-state index contributed by atoms with van der Waals surface area (Å²) >= 11 is 0. The fraction of sp³-hybridized carbons (Fsp3) is 0.429. The minimum absolute atomic E-state index is 0.178. The van der Waals surface area contributed by atoms with Crippen LogP contribution in [-0.2, 0) is 16.1 Å². The van der Waals surface area contributed by atoms with Crippen LogP contribution < -0.4 is 5.73 Å². The summed E-state index contributed by atoms with van der Waals surface area (Å²) < 4.78 is 4.81. The third-order valence-corrected chi connectivity index (χ3v) is 3.43. The Hall–Kier alpha value is -1.88. The zero-order chi connectivity index (χ0) is 13.8. The van der Waals surface area contributed by atoms with Crippen molar-refractivity contribution in [2.75, 3.05) is 13.7 Å². The maximum Gasteiger partial charge on any atom is 0.323 e. The van der Waals surface area contributed by atoms with E-state index in [2.05, 4.69) is 4.90 Å². The Morgan fingerprint density at radius 1 is 1.47 bits per heavy atom. The normalized spacial score (nSPS) is 19.3. The highest BCUT2D eigenvalue weighted by Crippen LogP contribution is 2.21. The van der Waals surface area contributed by atoms with Crippen molar-refractivity contribution in [2.45, 2.75) is 25.4 Å². The number of rotatable bonds is 4. The highest BCUT2D eigenvalue weighted by molar-refractivity contribution is 5.92.